The Bertz CT molecular complexity index is 824. The number of nitrogens with one attached hydrogen (secondary N) is 1. The van der Waals surface area contributed by atoms with Crippen LogP contribution in [0, 0.1) is 0 Å². The first kappa shape index (κ1) is 18.2. The van der Waals surface area contributed by atoms with Gasteiger partial charge in [0.15, 0.2) is 5.54 Å². The zero-order valence-electron chi connectivity index (χ0n) is 14.5. The number of hydrogen-bond acceptors (Lipinski definition) is 4. The highest BCUT2D eigenvalue weighted by atomic mass is 16.4. The fourth-order valence-electron chi connectivity index (χ4n) is 2.05. The van der Waals surface area contributed by atoms with Crippen molar-refractivity contribution in [2.24, 2.45) is 0 Å². The second kappa shape index (κ2) is 6.76. The predicted octanol–water partition coefficient (Wildman–Crippen LogP) is 1.66. The van der Waals surface area contributed by atoms with E-state index in [2.05, 4.69) is 10.4 Å². The van der Waals surface area contributed by atoms with Gasteiger partial charge in [-0.05, 0) is 32.0 Å². The van der Waals surface area contributed by atoms with E-state index in [1.807, 2.05) is 0 Å². The minimum absolute atomic E-state index is 0.203. The van der Waals surface area contributed by atoms with Crippen LogP contribution in [0.25, 0.3) is 0 Å². The van der Waals surface area contributed by atoms with Crippen molar-refractivity contribution in [3.05, 3.63) is 47.8 Å². The smallest absolute Gasteiger partial charge is 0.331 e. The first-order chi connectivity index (χ1) is 11.6. The Kier molecular flexibility index (Phi) is 4.92. The van der Waals surface area contributed by atoms with Gasteiger partial charge in [0.25, 0.3) is 11.8 Å². The van der Waals surface area contributed by atoms with Crippen LogP contribution in [0.4, 0.5) is 5.69 Å². The molecule has 0 unspecified atom stereocenters. The van der Waals surface area contributed by atoms with Crippen molar-refractivity contribution >= 4 is 23.5 Å². The van der Waals surface area contributed by atoms with E-state index in [1.165, 1.54) is 41.9 Å². The number of anilines is 1. The molecule has 0 atom stereocenters. The molecule has 0 radical (unpaired) electrons. The van der Waals surface area contributed by atoms with Gasteiger partial charge in [-0.2, -0.15) is 5.10 Å². The highest BCUT2D eigenvalue weighted by Crippen LogP contribution is 2.18. The van der Waals surface area contributed by atoms with Crippen LogP contribution >= 0.6 is 0 Å². The number of carbonyl (C=O) groups excluding carboxylic acids is 2. The average molecular weight is 344 g/mol. The van der Waals surface area contributed by atoms with Crippen molar-refractivity contribution in [3.8, 4) is 0 Å². The van der Waals surface area contributed by atoms with Gasteiger partial charge in [0.05, 0.1) is 11.9 Å². The average Bonchev–Trinajstić information content (AvgIpc) is 3.03. The number of nitrogens with zero attached hydrogens (tertiary/aromatic N) is 3. The van der Waals surface area contributed by atoms with Gasteiger partial charge in [0.1, 0.15) is 0 Å². The summed E-state index contributed by atoms with van der Waals surface area (Å²) in [5, 5.41) is 15.8. The van der Waals surface area contributed by atoms with E-state index in [0.29, 0.717) is 16.8 Å². The van der Waals surface area contributed by atoms with Crippen LogP contribution in [0.1, 0.15) is 34.6 Å². The Balaban J connectivity index is 2.18. The molecule has 0 bridgehead atoms. The summed E-state index contributed by atoms with van der Waals surface area (Å²) in [7, 11) is 3.27. The Morgan fingerprint density at radius 3 is 2.44 bits per heavy atom. The molecule has 0 spiro atoms. The summed E-state index contributed by atoms with van der Waals surface area (Å²) in [6, 6.07) is 6.35. The normalized spacial score (nSPS) is 11.0. The molecule has 1 heterocycles. The number of rotatable bonds is 5. The molecule has 8 heteroatoms. The molecule has 2 amide bonds. The van der Waals surface area contributed by atoms with Crippen molar-refractivity contribution in [2.75, 3.05) is 19.4 Å². The summed E-state index contributed by atoms with van der Waals surface area (Å²) in [6.45, 7) is 3.01. The van der Waals surface area contributed by atoms with E-state index in [1.54, 1.807) is 32.3 Å². The molecule has 0 aliphatic carbocycles. The summed E-state index contributed by atoms with van der Waals surface area (Å²) < 4.78 is 1.26. The van der Waals surface area contributed by atoms with Crippen molar-refractivity contribution in [1.82, 2.24) is 14.7 Å². The third kappa shape index (κ3) is 3.85. The number of benzene rings is 1. The maximum Gasteiger partial charge on any atom is 0.331 e. The molecule has 0 fully saturated rings. The van der Waals surface area contributed by atoms with Gasteiger partial charge in [-0.25, -0.2) is 4.79 Å². The van der Waals surface area contributed by atoms with Gasteiger partial charge in [0.2, 0.25) is 0 Å². The molecule has 0 aliphatic heterocycles. The highest BCUT2D eigenvalue weighted by molar-refractivity contribution is 6.06. The van der Waals surface area contributed by atoms with E-state index in [4.69, 9.17) is 0 Å². The van der Waals surface area contributed by atoms with Gasteiger partial charge >= 0.3 is 5.97 Å². The van der Waals surface area contributed by atoms with Crippen LogP contribution in [0.15, 0.2) is 36.7 Å². The molecular weight excluding hydrogens is 324 g/mol. The first-order valence-corrected chi connectivity index (χ1v) is 7.54. The van der Waals surface area contributed by atoms with Crippen molar-refractivity contribution in [1.29, 1.82) is 0 Å². The molecule has 0 aliphatic rings. The Morgan fingerprint density at radius 1 is 1.20 bits per heavy atom. The summed E-state index contributed by atoms with van der Waals surface area (Å²) in [5.74, 6) is -1.66. The van der Waals surface area contributed by atoms with Crippen molar-refractivity contribution < 1.29 is 19.5 Å². The van der Waals surface area contributed by atoms with E-state index < -0.39 is 17.4 Å². The van der Waals surface area contributed by atoms with Crippen molar-refractivity contribution in [2.45, 2.75) is 19.4 Å². The number of carbonyl (C=O) groups is 3. The van der Waals surface area contributed by atoms with Gasteiger partial charge in [0, 0.05) is 31.4 Å². The molecule has 132 valence electrons. The van der Waals surface area contributed by atoms with E-state index in [0.717, 1.165) is 0 Å². The lowest BCUT2D eigenvalue weighted by Gasteiger charge is -2.19. The first-order valence-electron chi connectivity index (χ1n) is 7.54. The molecule has 8 nitrogen and oxygen atoms in total. The molecule has 2 N–H and O–H groups in total. The maximum atomic E-state index is 12.4. The van der Waals surface area contributed by atoms with Crippen LogP contribution in [-0.2, 0) is 10.3 Å². The van der Waals surface area contributed by atoms with Crippen LogP contribution < -0.4 is 5.32 Å². The lowest BCUT2D eigenvalue weighted by Crippen LogP contribution is -2.35. The third-order valence-corrected chi connectivity index (χ3v) is 3.71. The fraction of sp³-hybridized carbons (Fsp3) is 0.294. The van der Waals surface area contributed by atoms with Crippen LogP contribution in [0.3, 0.4) is 0 Å². The zero-order valence-corrected chi connectivity index (χ0v) is 14.5. The second-order valence-electron chi connectivity index (χ2n) is 6.27. The Morgan fingerprint density at radius 2 is 1.84 bits per heavy atom. The van der Waals surface area contributed by atoms with E-state index in [-0.39, 0.29) is 5.91 Å². The van der Waals surface area contributed by atoms with Gasteiger partial charge in [-0.1, -0.05) is 6.07 Å². The van der Waals surface area contributed by atoms with Crippen molar-refractivity contribution in [3.63, 3.8) is 0 Å². The second-order valence-corrected chi connectivity index (χ2v) is 6.27. The van der Waals surface area contributed by atoms with Gasteiger partial charge in [-0.3, -0.25) is 14.3 Å². The van der Waals surface area contributed by atoms with Gasteiger partial charge in [-0.15, -0.1) is 0 Å². The molecule has 1 aromatic heterocycles. The number of aliphatic carboxylic acids is 1. The molecule has 0 saturated carbocycles. The number of aromatic nitrogens is 2. The van der Waals surface area contributed by atoms with Crippen LogP contribution in [0.5, 0.6) is 0 Å². The zero-order chi connectivity index (χ0) is 18.8. The molecular formula is C17H20N4O4. The monoisotopic (exact) mass is 344 g/mol. The highest BCUT2D eigenvalue weighted by Gasteiger charge is 2.30. The largest absolute Gasteiger partial charge is 0.479 e. The number of amides is 2. The molecule has 2 aromatic rings. The van der Waals surface area contributed by atoms with E-state index in [9.17, 15) is 19.5 Å². The summed E-state index contributed by atoms with van der Waals surface area (Å²) >= 11 is 0. The molecule has 2 rings (SSSR count). The number of carboxylic acid groups (broad SMARTS) is 1. The Hall–Kier alpha value is -3.16. The summed E-state index contributed by atoms with van der Waals surface area (Å²) in [6.07, 6.45) is 2.82. The molecule has 1 aromatic carbocycles. The van der Waals surface area contributed by atoms with Crippen LogP contribution in [-0.4, -0.2) is 51.7 Å². The van der Waals surface area contributed by atoms with E-state index >= 15 is 0 Å². The fourth-order valence-corrected chi connectivity index (χ4v) is 2.05. The topological polar surface area (TPSA) is 105 Å². The molecule has 25 heavy (non-hydrogen) atoms. The Labute approximate surface area is 145 Å². The molecule has 0 saturated heterocycles. The summed E-state index contributed by atoms with van der Waals surface area (Å²) in [4.78, 5) is 37.0. The predicted molar refractivity (Wildman–Crippen MR) is 91.6 cm³/mol. The van der Waals surface area contributed by atoms with Gasteiger partial charge < -0.3 is 15.3 Å². The lowest BCUT2D eigenvalue weighted by atomic mass is 10.1. The third-order valence-electron chi connectivity index (χ3n) is 3.71. The standard InChI is InChI=1S/C17H20N4O4/c1-17(2,16(24)25)21-10-13(9-18-21)19-14(22)11-6-5-7-12(8-11)15(23)20(3)4/h5-10H,1-4H3,(H,19,22)(H,24,25). The number of hydrogen-bond donors (Lipinski definition) is 2. The maximum absolute atomic E-state index is 12.4. The minimum Gasteiger partial charge on any atom is -0.479 e. The lowest BCUT2D eigenvalue weighted by molar-refractivity contribution is -0.146. The summed E-state index contributed by atoms with van der Waals surface area (Å²) in [5.41, 5.74) is -0.150. The SMILES string of the molecule is CN(C)C(=O)c1cccc(C(=O)Nc2cnn(C(C)(C)C(=O)O)c2)c1. The van der Waals surface area contributed by atoms with Crippen LogP contribution in [0.2, 0.25) is 0 Å². The quantitative estimate of drug-likeness (QED) is 0.858. The number of carboxylic acids is 1. The minimum atomic E-state index is -1.24.